The van der Waals surface area contributed by atoms with Crippen molar-refractivity contribution >= 4 is 17.5 Å². The molecule has 5 heteroatoms. The molecular weight excluding hydrogens is 290 g/mol. The predicted molar refractivity (Wildman–Crippen MR) is 89.6 cm³/mol. The quantitative estimate of drug-likeness (QED) is 0.778. The molecule has 1 aromatic rings. The maximum Gasteiger partial charge on any atom is 0.227 e. The Labute approximate surface area is 137 Å². The lowest BCUT2D eigenvalue weighted by molar-refractivity contribution is -0.125. The summed E-state index contributed by atoms with van der Waals surface area (Å²) in [6.45, 7) is 0.484. The minimum atomic E-state index is 0.0477. The van der Waals surface area contributed by atoms with E-state index < -0.39 is 0 Å². The predicted octanol–water partition coefficient (Wildman–Crippen LogP) is 2.17. The van der Waals surface area contributed by atoms with Gasteiger partial charge in [-0.25, -0.2) is 0 Å². The molecule has 2 aliphatic carbocycles. The van der Waals surface area contributed by atoms with Crippen molar-refractivity contribution < 1.29 is 9.59 Å². The van der Waals surface area contributed by atoms with Crippen molar-refractivity contribution in [1.29, 1.82) is 0 Å². The lowest BCUT2D eigenvalue weighted by Crippen LogP contribution is -2.30. The van der Waals surface area contributed by atoms with Crippen LogP contribution >= 0.6 is 0 Å². The van der Waals surface area contributed by atoms with E-state index in [2.05, 4.69) is 10.6 Å². The van der Waals surface area contributed by atoms with Crippen LogP contribution in [0.1, 0.15) is 44.1 Å². The van der Waals surface area contributed by atoms with Crippen LogP contribution in [0.4, 0.5) is 5.69 Å². The molecule has 2 aliphatic rings. The van der Waals surface area contributed by atoms with Crippen LogP contribution in [0.25, 0.3) is 0 Å². The van der Waals surface area contributed by atoms with Gasteiger partial charge in [-0.1, -0.05) is 18.6 Å². The summed E-state index contributed by atoms with van der Waals surface area (Å²) in [5, 5.41) is 5.94. The number of rotatable bonds is 5. The van der Waals surface area contributed by atoms with Gasteiger partial charge in [0.2, 0.25) is 11.8 Å². The van der Waals surface area contributed by atoms with Crippen molar-refractivity contribution in [3.8, 4) is 0 Å². The van der Waals surface area contributed by atoms with E-state index in [1.165, 1.54) is 0 Å². The summed E-state index contributed by atoms with van der Waals surface area (Å²) in [6.07, 6.45) is 5.72. The second kappa shape index (κ2) is 7.13. The number of amides is 2. The van der Waals surface area contributed by atoms with Gasteiger partial charge in [0, 0.05) is 30.1 Å². The van der Waals surface area contributed by atoms with E-state index in [4.69, 9.17) is 5.73 Å². The summed E-state index contributed by atoms with van der Waals surface area (Å²) >= 11 is 0. The molecule has 124 valence electrons. The van der Waals surface area contributed by atoms with Crippen LogP contribution < -0.4 is 16.4 Å². The number of hydrogen-bond acceptors (Lipinski definition) is 3. The lowest BCUT2D eigenvalue weighted by atomic mass is 9.85. The lowest BCUT2D eigenvalue weighted by Gasteiger charge is -2.24. The van der Waals surface area contributed by atoms with Crippen molar-refractivity contribution in [3.63, 3.8) is 0 Å². The Kier molecular flexibility index (Phi) is 4.96. The third-order valence-corrected chi connectivity index (χ3v) is 4.98. The summed E-state index contributed by atoms with van der Waals surface area (Å²) in [4.78, 5) is 24.1. The molecule has 2 saturated carbocycles. The van der Waals surface area contributed by atoms with Crippen LogP contribution in [-0.4, -0.2) is 17.9 Å². The Bertz CT molecular complexity index is 583. The molecule has 2 atom stereocenters. The van der Waals surface area contributed by atoms with Gasteiger partial charge in [-0.3, -0.25) is 9.59 Å². The number of nitrogens with one attached hydrogen (secondary N) is 2. The van der Waals surface area contributed by atoms with E-state index in [9.17, 15) is 9.59 Å². The molecule has 3 rings (SSSR count). The SMILES string of the molecule is NC1CCC(C(=O)NCc2cccc(NC(=O)C3CCC3)c2)C1. The van der Waals surface area contributed by atoms with E-state index in [-0.39, 0.29) is 29.7 Å². The molecule has 0 bridgehead atoms. The second-order valence-electron chi connectivity index (χ2n) is 6.81. The molecule has 2 amide bonds. The largest absolute Gasteiger partial charge is 0.352 e. The van der Waals surface area contributed by atoms with Gasteiger partial charge in [0.15, 0.2) is 0 Å². The van der Waals surface area contributed by atoms with E-state index >= 15 is 0 Å². The van der Waals surface area contributed by atoms with E-state index in [1.54, 1.807) is 0 Å². The fraction of sp³-hybridized carbons (Fsp3) is 0.556. The zero-order chi connectivity index (χ0) is 16.2. The van der Waals surface area contributed by atoms with Gasteiger partial charge < -0.3 is 16.4 Å². The molecule has 0 saturated heterocycles. The number of carbonyl (C=O) groups is 2. The van der Waals surface area contributed by atoms with Gasteiger partial charge in [-0.2, -0.15) is 0 Å². The highest BCUT2D eigenvalue weighted by Gasteiger charge is 2.27. The molecule has 0 aliphatic heterocycles. The standard InChI is InChI=1S/C18H25N3O2/c19-15-8-7-14(10-15)17(22)20-11-12-3-1-6-16(9-12)21-18(23)13-4-2-5-13/h1,3,6,9,13-15H,2,4-5,7-8,10-11,19H2,(H,20,22)(H,21,23). The van der Waals surface area contributed by atoms with Gasteiger partial charge in [-0.05, 0) is 49.8 Å². The Hall–Kier alpha value is -1.88. The van der Waals surface area contributed by atoms with Crippen LogP contribution in [0.2, 0.25) is 0 Å². The highest BCUT2D eigenvalue weighted by Crippen LogP contribution is 2.28. The van der Waals surface area contributed by atoms with Crippen LogP contribution in [0, 0.1) is 11.8 Å². The van der Waals surface area contributed by atoms with Crippen molar-refractivity contribution in [1.82, 2.24) is 5.32 Å². The smallest absolute Gasteiger partial charge is 0.227 e. The summed E-state index contributed by atoms with van der Waals surface area (Å²) in [5.74, 6) is 0.413. The minimum Gasteiger partial charge on any atom is -0.352 e. The molecular formula is C18H25N3O2. The van der Waals surface area contributed by atoms with Gasteiger partial charge in [0.25, 0.3) is 0 Å². The highest BCUT2D eigenvalue weighted by molar-refractivity contribution is 5.93. The molecule has 1 aromatic carbocycles. The normalized spacial score (nSPS) is 24.0. The summed E-state index contributed by atoms with van der Waals surface area (Å²) < 4.78 is 0. The second-order valence-corrected chi connectivity index (χ2v) is 6.81. The fourth-order valence-corrected chi connectivity index (χ4v) is 3.26. The zero-order valence-corrected chi connectivity index (χ0v) is 13.4. The summed E-state index contributed by atoms with van der Waals surface area (Å²) in [6, 6.07) is 7.84. The van der Waals surface area contributed by atoms with Crippen molar-refractivity contribution in [2.45, 2.75) is 51.1 Å². The number of anilines is 1. The number of benzene rings is 1. The number of nitrogens with two attached hydrogens (primary N) is 1. The minimum absolute atomic E-state index is 0.0477. The maximum absolute atomic E-state index is 12.1. The number of hydrogen-bond donors (Lipinski definition) is 3. The maximum atomic E-state index is 12.1. The van der Waals surface area contributed by atoms with Gasteiger partial charge in [-0.15, -0.1) is 0 Å². The first-order valence-electron chi connectivity index (χ1n) is 8.55. The van der Waals surface area contributed by atoms with Gasteiger partial charge in [0.1, 0.15) is 0 Å². The molecule has 23 heavy (non-hydrogen) atoms. The highest BCUT2D eigenvalue weighted by atomic mass is 16.2. The van der Waals surface area contributed by atoms with Crippen LogP contribution in [0.3, 0.4) is 0 Å². The summed E-state index contributed by atoms with van der Waals surface area (Å²) in [5.41, 5.74) is 7.65. The Morgan fingerprint density at radius 2 is 1.91 bits per heavy atom. The van der Waals surface area contributed by atoms with Crippen molar-refractivity contribution in [3.05, 3.63) is 29.8 Å². The average Bonchev–Trinajstić information content (AvgIpc) is 2.90. The molecule has 2 unspecified atom stereocenters. The van der Waals surface area contributed by atoms with Crippen LogP contribution in [-0.2, 0) is 16.1 Å². The first-order chi connectivity index (χ1) is 11.1. The number of carbonyl (C=O) groups excluding carboxylic acids is 2. The monoisotopic (exact) mass is 315 g/mol. The van der Waals surface area contributed by atoms with E-state index in [1.807, 2.05) is 24.3 Å². The van der Waals surface area contributed by atoms with Gasteiger partial charge in [0.05, 0.1) is 0 Å². The van der Waals surface area contributed by atoms with Gasteiger partial charge >= 0.3 is 0 Å². The topological polar surface area (TPSA) is 84.2 Å². The Morgan fingerprint density at radius 1 is 1.09 bits per heavy atom. The van der Waals surface area contributed by atoms with E-state index in [0.29, 0.717) is 6.54 Å². The Morgan fingerprint density at radius 3 is 2.57 bits per heavy atom. The third-order valence-electron chi connectivity index (χ3n) is 4.98. The first kappa shape index (κ1) is 16.0. The first-order valence-corrected chi connectivity index (χ1v) is 8.55. The van der Waals surface area contributed by atoms with Crippen molar-refractivity contribution in [2.24, 2.45) is 17.6 Å². The van der Waals surface area contributed by atoms with Crippen LogP contribution in [0.15, 0.2) is 24.3 Å². The third kappa shape index (κ3) is 4.10. The molecule has 0 aromatic heterocycles. The van der Waals surface area contributed by atoms with E-state index in [0.717, 1.165) is 49.8 Å². The molecule has 5 nitrogen and oxygen atoms in total. The average molecular weight is 315 g/mol. The molecule has 0 spiro atoms. The Balaban J connectivity index is 1.51. The van der Waals surface area contributed by atoms with Crippen LogP contribution in [0.5, 0.6) is 0 Å². The zero-order valence-electron chi connectivity index (χ0n) is 13.4. The molecule has 0 radical (unpaired) electrons. The molecule has 0 heterocycles. The molecule has 2 fully saturated rings. The fourth-order valence-electron chi connectivity index (χ4n) is 3.26. The summed E-state index contributed by atoms with van der Waals surface area (Å²) in [7, 11) is 0. The molecule has 4 N–H and O–H groups in total. The van der Waals surface area contributed by atoms with Crippen molar-refractivity contribution in [2.75, 3.05) is 5.32 Å².